The van der Waals surface area contributed by atoms with Gasteiger partial charge < -0.3 is 40.6 Å². The molecule has 4 amide bonds. The summed E-state index contributed by atoms with van der Waals surface area (Å²) < 4.78 is 16.2. The lowest BCUT2D eigenvalue weighted by Gasteiger charge is -2.33. The minimum atomic E-state index is -1.66. The van der Waals surface area contributed by atoms with Crippen LogP contribution in [0.15, 0.2) is 42.5 Å². The third-order valence-corrected chi connectivity index (χ3v) is 7.16. The average Bonchev–Trinajstić information content (AvgIpc) is 2.98. The number of esters is 2. The van der Waals surface area contributed by atoms with E-state index in [9.17, 15) is 33.9 Å². The first kappa shape index (κ1) is 32.5. The van der Waals surface area contributed by atoms with Gasteiger partial charge in [-0.25, -0.2) is 9.59 Å². The van der Waals surface area contributed by atoms with E-state index in [4.69, 9.17) is 14.2 Å². The first-order chi connectivity index (χ1) is 21.1. The molecule has 5 rings (SSSR count). The molecule has 14 nitrogen and oxygen atoms in total. The highest BCUT2D eigenvalue weighted by Gasteiger charge is 2.40. The van der Waals surface area contributed by atoms with E-state index in [0.29, 0.717) is 10.8 Å². The van der Waals surface area contributed by atoms with E-state index in [-0.39, 0.29) is 27.8 Å². The summed E-state index contributed by atoms with van der Waals surface area (Å²) in [5, 5.41) is 22.3. The highest BCUT2D eigenvalue weighted by molar-refractivity contribution is 6.12. The molecule has 0 aromatic heterocycles. The topological polar surface area (TPSA) is 198 Å². The zero-order valence-electron chi connectivity index (χ0n) is 25.5. The van der Waals surface area contributed by atoms with E-state index in [1.807, 2.05) is 0 Å². The molecule has 0 aliphatic carbocycles. The SMILES string of the molecule is COC(=O)[C@@H]1COC(=O)c2ccc3c(c4ccccc4c(O)c3c2)OC(NC(C)=O)C(=O)NC(C)(C)C(=O)NC(C)(C)C(=O)N1. The van der Waals surface area contributed by atoms with Crippen molar-refractivity contribution in [3.63, 3.8) is 0 Å². The number of benzene rings is 3. The standard InChI is InChI=1S/C31H34N4O10/c1-15(36)32-25-24(38)34-31(4,5)29(42)35-30(2,3)28(41)33-21(27(40)43-6)14-44-26(39)16-11-12-19-20(13-16)22(37)17-9-7-8-10-18(17)23(19)45-25/h7-13,21,25,37H,14H2,1-6H3,(H,32,36)(H,33,41)(H,34,38)(H,35,42)/t21-,25?/m0/s1. The number of phenolic OH excluding ortho intramolecular Hbond substituents is 1. The van der Waals surface area contributed by atoms with Gasteiger partial charge in [0.1, 0.15) is 29.2 Å². The largest absolute Gasteiger partial charge is 0.507 e. The van der Waals surface area contributed by atoms with Gasteiger partial charge in [0.2, 0.25) is 17.7 Å². The highest BCUT2D eigenvalue weighted by atomic mass is 16.5. The second kappa shape index (κ2) is 12.3. The number of carbonyl (C=O) groups excluding carboxylic acids is 6. The number of hydrogen-bond acceptors (Lipinski definition) is 10. The van der Waals surface area contributed by atoms with Crippen LogP contribution >= 0.6 is 0 Å². The number of nitrogens with one attached hydrogen (secondary N) is 4. The second-order valence-corrected chi connectivity index (χ2v) is 11.5. The molecule has 2 atom stereocenters. The van der Waals surface area contributed by atoms with Crippen molar-refractivity contribution < 1.29 is 48.1 Å². The Morgan fingerprint density at radius 3 is 2.18 bits per heavy atom. The average molecular weight is 623 g/mol. The molecule has 5 N–H and O–H groups in total. The normalized spacial score (nSPS) is 20.5. The molecular weight excluding hydrogens is 588 g/mol. The zero-order valence-corrected chi connectivity index (χ0v) is 25.5. The summed E-state index contributed by atoms with van der Waals surface area (Å²) in [6.45, 7) is 6.05. The molecule has 0 fully saturated rings. The van der Waals surface area contributed by atoms with Crippen LogP contribution in [0.2, 0.25) is 0 Å². The van der Waals surface area contributed by atoms with E-state index >= 15 is 0 Å². The van der Waals surface area contributed by atoms with Gasteiger partial charge >= 0.3 is 11.9 Å². The van der Waals surface area contributed by atoms with Crippen molar-refractivity contribution in [3.8, 4) is 11.5 Å². The molecule has 2 aliphatic rings. The fourth-order valence-electron chi connectivity index (χ4n) is 4.64. The van der Waals surface area contributed by atoms with Crippen molar-refractivity contribution in [1.82, 2.24) is 21.3 Å². The number of ether oxygens (including phenoxy) is 3. The van der Waals surface area contributed by atoms with Gasteiger partial charge in [-0.1, -0.05) is 24.3 Å². The molecule has 45 heavy (non-hydrogen) atoms. The van der Waals surface area contributed by atoms with Gasteiger partial charge in [0.25, 0.3) is 12.1 Å². The minimum absolute atomic E-state index is 0.0163. The molecule has 1 unspecified atom stereocenters. The smallest absolute Gasteiger partial charge is 0.338 e. The summed E-state index contributed by atoms with van der Waals surface area (Å²) in [7, 11) is 1.09. The molecule has 0 radical (unpaired) electrons. The second-order valence-electron chi connectivity index (χ2n) is 11.5. The van der Waals surface area contributed by atoms with Gasteiger partial charge in [0, 0.05) is 28.5 Å². The number of carbonyl (C=O) groups is 6. The lowest BCUT2D eigenvalue weighted by molar-refractivity contribution is -0.147. The Kier molecular flexibility index (Phi) is 8.89. The fourth-order valence-corrected chi connectivity index (χ4v) is 4.64. The van der Waals surface area contributed by atoms with Gasteiger partial charge in [-0.05, 0) is 45.9 Å². The van der Waals surface area contributed by atoms with Crippen molar-refractivity contribution in [3.05, 3.63) is 48.0 Å². The third-order valence-electron chi connectivity index (χ3n) is 7.16. The van der Waals surface area contributed by atoms with Crippen LogP contribution in [-0.2, 0) is 33.4 Å². The summed E-state index contributed by atoms with van der Waals surface area (Å²) in [5.74, 6) is -5.04. The number of hydrogen-bond donors (Lipinski definition) is 5. The maximum absolute atomic E-state index is 13.6. The Labute approximate surface area is 257 Å². The third kappa shape index (κ3) is 6.74. The lowest BCUT2D eigenvalue weighted by atomic mass is 9.98. The summed E-state index contributed by atoms with van der Waals surface area (Å²) in [6.07, 6.45) is -1.66. The first-order valence-corrected chi connectivity index (χ1v) is 13.9. The van der Waals surface area contributed by atoms with E-state index in [1.54, 1.807) is 24.3 Å². The van der Waals surface area contributed by atoms with Gasteiger partial charge in [0.05, 0.1) is 12.7 Å². The first-order valence-electron chi connectivity index (χ1n) is 13.9. The van der Waals surface area contributed by atoms with Crippen molar-refractivity contribution in [2.45, 2.75) is 58.0 Å². The van der Waals surface area contributed by atoms with Crippen LogP contribution in [0.1, 0.15) is 45.0 Å². The quantitative estimate of drug-likeness (QED) is 0.157. The van der Waals surface area contributed by atoms with Crippen LogP contribution in [0.3, 0.4) is 0 Å². The Morgan fingerprint density at radius 2 is 1.53 bits per heavy atom. The molecule has 3 aromatic rings. The lowest BCUT2D eigenvalue weighted by Crippen LogP contribution is -2.65. The van der Waals surface area contributed by atoms with E-state index in [0.717, 1.165) is 7.11 Å². The molecule has 0 saturated carbocycles. The zero-order chi connectivity index (χ0) is 33.3. The van der Waals surface area contributed by atoms with Gasteiger partial charge in [-0.15, -0.1) is 0 Å². The van der Waals surface area contributed by atoms with Gasteiger partial charge in [-0.3, -0.25) is 19.2 Å². The van der Waals surface area contributed by atoms with Gasteiger partial charge in [-0.2, -0.15) is 0 Å². The van der Waals surface area contributed by atoms with Crippen LogP contribution in [0, 0.1) is 0 Å². The Morgan fingerprint density at radius 1 is 0.911 bits per heavy atom. The Balaban J connectivity index is 1.91. The molecule has 0 spiro atoms. The highest BCUT2D eigenvalue weighted by Crippen LogP contribution is 2.42. The van der Waals surface area contributed by atoms with Crippen molar-refractivity contribution in [2.24, 2.45) is 0 Å². The molecule has 2 aliphatic heterocycles. The molecule has 238 valence electrons. The van der Waals surface area contributed by atoms with Crippen molar-refractivity contribution >= 4 is 57.1 Å². The molecule has 4 bridgehead atoms. The van der Waals surface area contributed by atoms with Gasteiger partial charge in [0.15, 0.2) is 6.04 Å². The van der Waals surface area contributed by atoms with E-state index in [2.05, 4.69) is 21.3 Å². The van der Waals surface area contributed by atoms with Crippen LogP contribution in [0.25, 0.3) is 21.5 Å². The molecular formula is C31H34N4O10. The monoisotopic (exact) mass is 622 g/mol. The maximum atomic E-state index is 13.6. The van der Waals surface area contributed by atoms with Crippen molar-refractivity contribution in [2.75, 3.05) is 13.7 Å². The van der Waals surface area contributed by atoms with Crippen LogP contribution in [0.4, 0.5) is 0 Å². The summed E-state index contributed by atoms with van der Waals surface area (Å²) in [5.41, 5.74) is -3.30. The fraction of sp³-hybridized carbons (Fsp3) is 0.355. The Bertz CT molecular complexity index is 1730. The number of phenols is 1. The summed E-state index contributed by atoms with van der Waals surface area (Å²) >= 11 is 0. The summed E-state index contributed by atoms with van der Waals surface area (Å²) in [4.78, 5) is 77.9. The van der Waals surface area contributed by atoms with Crippen LogP contribution < -0.4 is 26.0 Å². The van der Waals surface area contributed by atoms with E-state index < -0.39 is 65.5 Å². The number of aromatic hydroxyl groups is 1. The molecule has 14 heteroatoms. The number of amides is 4. The predicted molar refractivity (Wildman–Crippen MR) is 160 cm³/mol. The number of rotatable bonds is 2. The van der Waals surface area contributed by atoms with Crippen molar-refractivity contribution in [1.29, 1.82) is 0 Å². The molecule has 3 aromatic carbocycles. The van der Waals surface area contributed by atoms with E-state index in [1.165, 1.54) is 52.8 Å². The minimum Gasteiger partial charge on any atom is -0.507 e. The van der Waals surface area contributed by atoms with Crippen LogP contribution in [0.5, 0.6) is 11.5 Å². The Hall–Kier alpha value is -5.40. The number of methoxy groups -OCH3 is 1. The summed E-state index contributed by atoms with van der Waals surface area (Å²) in [6, 6.07) is 9.34. The predicted octanol–water partition coefficient (Wildman–Crippen LogP) is 1.16. The molecule has 0 saturated heterocycles. The maximum Gasteiger partial charge on any atom is 0.338 e. The number of fused-ring (bicyclic) bond motifs is 15. The van der Waals surface area contributed by atoms with Crippen LogP contribution in [-0.4, -0.2) is 77.7 Å². The molecule has 2 heterocycles.